The molecule has 1 heterocycles. The average Bonchev–Trinajstić information content (AvgIpc) is 2.65. The zero-order valence-corrected chi connectivity index (χ0v) is 10.9. The van der Waals surface area contributed by atoms with E-state index in [9.17, 15) is 0 Å². The Morgan fingerprint density at radius 3 is 2.67 bits per heavy atom. The Bertz CT molecular complexity index is 657. The van der Waals surface area contributed by atoms with Crippen molar-refractivity contribution in [1.29, 1.82) is 0 Å². The lowest BCUT2D eigenvalue weighted by molar-refractivity contribution is 1.10. The molecule has 0 saturated heterocycles. The lowest BCUT2D eigenvalue weighted by atomic mass is 10.1. The highest BCUT2D eigenvalue weighted by molar-refractivity contribution is 5.97. The van der Waals surface area contributed by atoms with Gasteiger partial charge in [-0.1, -0.05) is 43.5 Å². The van der Waals surface area contributed by atoms with Gasteiger partial charge in [-0.3, -0.25) is 4.57 Å². The molecule has 2 N–H and O–H groups in total. The molecule has 0 bridgehead atoms. The Balaban J connectivity index is 3.04. The number of benzene rings is 1. The molecule has 0 aliphatic carbocycles. The fraction of sp³-hybridized carbons (Fsp3) is 0.125. The number of para-hydroxylation sites is 1. The molecule has 0 aliphatic rings. The van der Waals surface area contributed by atoms with Gasteiger partial charge in [-0.2, -0.15) is 0 Å². The molecule has 0 atom stereocenters. The summed E-state index contributed by atoms with van der Waals surface area (Å²) in [7, 11) is 0. The molecule has 92 valence electrons. The standard InChI is InChI=1S/C16H18N2/c1-5-8-13-14-10-7-9-11(3)16(14)18(12(4)17)15(13)6-2/h5-10H,2,4,17H2,1,3H3/b8-5-. The van der Waals surface area contributed by atoms with E-state index in [0.29, 0.717) is 5.82 Å². The van der Waals surface area contributed by atoms with Crippen molar-refractivity contribution in [2.45, 2.75) is 13.8 Å². The highest BCUT2D eigenvalue weighted by atomic mass is 15.1. The van der Waals surface area contributed by atoms with Crippen LogP contribution in [-0.4, -0.2) is 4.57 Å². The van der Waals surface area contributed by atoms with E-state index in [2.05, 4.69) is 44.4 Å². The summed E-state index contributed by atoms with van der Waals surface area (Å²) in [6, 6.07) is 6.24. The summed E-state index contributed by atoms with van der Waals surface area (Å²) < 4.78 is 1.97. The van der Waals surface area contributed by atoms with E-state index < -0.39 is 0 Å². The molecule has 0 fully saturated rings. The van der Waals surface area contributed by atoms with Gasteiger partial charge in [0.05, 0.1) is 11.2 Å². The van der Waals surface area contributed by atoms with Crippen molar-refractivity contribution in [1.82, 2.24) is 4.57 Å². The normalized spacial score (nSPS) is 11.2. The maximum atomic E-state index is 5.93. The highest BCUT2D eigenvalue weighted by Gasteiger charge is 2.15. The SMILES string of the molecule is C=Cc1c(/C=C\C)c2cccc(C)c2n1C(=C)N. The van der Waals surface area contributed by atoms with Crippen LogP contribution in [0, 0.1) is 6.92 Å². The van der Waals surface area contributed by atoms with E-state index in [1.54, 1.807) is 0 Å². The van der Waals surface area contributed by atoms with Gasteiger partial charge in [-0.05, 0) is 25.5 Å². The maximum absolute atomic E-state index is 5.93. The second-order valence-corrected chi connectivity index (χ2v) is 4.30. The first-order chi connectivity index (χ1) is 8.61. The molecular formula is C16H18N2. The van der Waals surface area contributed by atoms with Crippen molar-refractivity contribution in [3.8, 4) is 0 Å². The molecule has 2 aromatic rings. The summed E-state index contributed by atoms with van der Waals surface area (Å²) >= 11 is 0. The van der Waals surface area contributed by atoms with E-state index in [4.69, 9.17) is 5.73 Å². The van der Waals surface area contributed by atoms with Crippen LogP contribution in [0.5, 0.6) is 0 Å². The van der Waals surface area contributed by atoms with E-state index in [0.717, 1.165) is 16.8 Å². The third kappa shape index (κ3) is 1.66. The van der Waals surface area contributed by atoms with Gasteiger partial charge < -0.3 is 5.73 Å². The molecule has 2 rings (SSSR count). The minimum atomic E-state index is 0.514. The topological polar surface area (TPSA) is 30.9 Å². The third-order valence-corrected chi connectivity index (χ3v) is 3.08. The van der Waals surface area contributed by atoms with Crippen LogP contribution in [0.1, 0.15) is 23.7 Å². The number of fused-ring (bicyclic) bond motifs is 1. The van der Waals surface area contributed by atoms with Crippen LogP contribution in [0.25, 0.3) is 28.9 Å². The fourth-order valence-corrected chi connectivity index (χ4v) is 2.39. The van der Waals surface area contributed by atoms with E-state index in [-0.39, 0.29) is 0 Å². The molecule has 1 aromatic carbocycles. The Morgan fingerprint density at radius 1 is 1.39 bits per heavy atom. The molecule has 0 amide bonds. The van der Waals surface area contributed by atoms with Crippen LogP contribution in [-0.2, 0) is 0 Å². The van der Waals surface area contributed by atoms with E-state index in [1.807, 2.05) is 23.6 Å². The molecular weight excluding hydrogens is 220 g/mol. The van der Waals surface area contributed by atoms with Crippen molar-refractivity contribution in [2.75, 3.05) is 0 Å². The second-order valence-electron chi connectivity index (χ2n) is 4.30. The van der Waals surface area contributed by atoms with E-state index in [1.165, 1.54) is 10.9 Å². The van der Waals surface area contributed by atoms with Crippen molar-refractivity contribution < 1.29 is 0 Å². The molecule has 2 nitrogen and oxygen atoms in total. The van der Waals surface area contributed by atoms with Crippen molar-refractivity contribution in [3.05, 3.63) is 54.3 Å². The van der Waals surface area contributed by atoms with Gasteiger partial charge in [0.15, 0.2) is 0 Å². The first-order valence-corrected chi connectivity index (χ1v) is 5.95. The van der Waals surface area contributed by atoms with Crippen LogP contribution in [0.15, 0.2) is 37.4 Å². The molecule has 18 heavy (non-hydrogen) atoms. The van der Waals surface area contributed by atoms with Gasteiger partial charge in [0.2, 0.25) is 0 Å². The molecule has 0 saturated carbocycles. The third-order valence-electron chi connectivity index (χ3n) is 3.08. The Hall–Kier alpha value is -2.22. The van der Waals surface area contributed by atoms with Gasteiger partial charge in [0.1, 0.15) is 5.82 Å². The molecule has 1 aromatic heterocycles. The fourth-order valence-electron chi connectivity index (χ4n) is 2.39. The number of nitrogens with two attached hydrogens (primary N) is 1. The lowest BCUT2D eigenvalue weighted by Gasteiger charge is -2.08. The number of nitrogens with zero attached hydrogens (tertiary/aromatic N) is 1. The summed E-state index contributed by atoms with van der Waals surface area (Å²) in [4.78, 5) is 0. The predicted octanol–water partition coefficient (Wildman–Crippen LogP) is 4.01. The maximum Gasteiger partial charge on any atom is 0.100 e. The molecule has 2 heteroatoms. The second kappa shape index (κ2) is 4.57. The number of allylic oxidation sites excluding steroid dienone is 1. The van der Waals surface area contributed by atoms with Crippen LogP contribution < -0.4 is 5.73 Å². The number of hydrogen-bond donors (Lipinski definition) is 1. The number of aryl methyl sites for hydroxylation is 1. The van der Waals surface area contributed by atoms with Crippen molar-refractivity contribution in [2.24, 2.45) is 5.73 Å². The smallest absolute Gasteiger partial charge is 0.100 e. The van der Waals surface area contributed by atoms with Crippen molar-refractivity contribution in [3.63, 3.8) is 0 Å². The lowest BCUT2D eigenvalue weighted by Crippen LogP contribution is -2.06. The summed E-state index contributed by atoms with van der Waals surface area (Å²) in [6.45, 7) is 11.8. The molecule has 0 spiro atoms. The Morgan fingerprint density at radius 2 is 2.11 bits per heavy atom. The van der Waals surface area contributed by atoms with Gasteiger partial charge in [-0.15, -0.1) is 0 Å². The average molecular weight is 238 g/mol. The van der Waals surface area contributed by atoms with E-state index >= 15 is 0 Å². The zero-order valence-electron chi connectivity index (χ0n) is 10.9. The zero-order chi connectivity index (χ0) is 13.3. The van der Waals surface area contributed by atoms with Gasteiger partial charge in [0, 0.05) is 10.9 Å². The summed E-state index contributed by atoms with van der Waals surface area (Å²) in [5.41, 5.74) is 10.3. The number of hydrogen-bond acceptors (Lipinski definition) is 1. The van der Waals surface area contributed by atoms with Crippen LogP contribution >= 0.6 is 0 Å². The van der Waals surface area contributed by atoms with Crippen LogP contribution in [0.3, 0.4) is 0 Å². The first-order valence-electron chi connectivity index (χ1n) is 5.95. The molecule has 0 radical (unpaired) electrons. The summed E-state index contributed by atoms with van der Waals surface area (Å²) in [6.07, 6.45) is 5.93. The number of rotatable bonds is 3. The molecule has 0 aliphatic heterocycles. The highest BCUT2D eigenvalue weighted by Crippen LogP contribution is 2.31. The Labute approximate surface area is 108 Å². The number of aromatic nitrogens is 1. The first kappa shape index (κ1) is 12.2. The predicted molar refractivity (Wildman–Crippen MR) is 81.0 cm³/mol. The monoisotopic (exact) mass is 238 g/mol. The Kier molecular flexibility index (Phi) is 3.11. The van der Waals surface area contributed by atoms with Gasteiger partial charge in [0.25, 0.3) is 0 Å². The minimum Gasteiger partial charge on any atom is -0.385 e. The van der Waals surface area contributed by atoms with Crippen molar-refractivity contribution >= 4 is 28.9 Å². The van der Waals surface area contributed by atoms with Gasteiger partial charge >= 0.3 is 0 Å². The largest absolute Gasteiger partial charge is 0.385 e. The minimum absolute atomic E-state index is 0.514. The van der Waals surface area contributed by atoms with Crippen LogP contribution in [0.4, 0.5) is 0 Å². The quantitative estimate of drug-likeness (QED) is 0.860. The summed E-state index contributed by atoms with van der Waals surface area (Å²) in [5, 5.41) is 1.18. The summed E-state index contributed by atoms with van der Waals surface area (Å²) in [5.74, 6) is 0.514. The van der Waals surface area contributed by atoms with Gasteiger partial charge in [-0.25, -0.2) is 0 Å². The van der Waals surface area contributed by atoms with Crippen LogP contribution in [0.2, 0.25) is 0 Å². The molecule has 0 unspecified atom stereocenters.